The molecule has 0 atom stereocenters. The van der Waals surface area contributed by atoms with Crippen molar-refractivity contribution in [1.29, 1.82) is 0 Å². The number of aromatic amines is 1. The van der Waals surface area contributed by atoms with E-state index in [2.05, 4.69) is 15.5 Å². The third-order valence-corrected chi connectivity index (χ3v) is 3.62. The summed E-state index contributed by atoms with van der Waals surface area (Å²) in [4.78, 5) is 12.4. The summed E-state index contributed by atoms with van der Waals surface area (Å²) in [5, 5.41) is 10.3. The number of anilines is 2. The SMILES string of the molecule is COCOc1cc(Nc2cc(C(C)C)[nH]n2)c(C(=O)OC)c(OCOC)c1. The number of hydrogen-bond acceptors (Lipinski definition) is 8. The molecule has 0 fully saturated rings. The van der Waals surface area contributed by atoms with Gasteiger partial charge in [-0.1, -0.05) is 13.8 Å². The van der Waals surface area contributed by atoms with Gasteiger partial charge in [-0.3, -0.25) is 5.10 Å². The van der Waals surface area contributed by atoms with Gasteiger partial charge in [0.15, 0.2) is 19.4 Å². The summed E-state index contributed by atoms with van der Waals surface area (Å²) in [6, 6.07) is 5.08. The Labute approximate surface area is 157 Å². The molecule has 0 spiro atoms. The van der Waals surface area contributed by atoms with Crippen LogP contribution in [0.2, 0.25) is 0 Å². The predicted octanol–water partition coefficient (Wildman–Crippen LogP) is 3.03. The third kappa shape index (κ3) is 5.35. The second kappa shape index (κ2) is 9.79. The van der Waals surface area contributed by atoms with Gasteiger partial charge >= 0.3 is 5.97 Å². The van der Waals surface area contributed by atoms with Crippen LogP contribution in [-0.4, -0.2) is 51.1 Å². The number of aromatic nitrogens is 2. The summed E-state index contributed by atoms with van der Waals surface area (Å²) in [5.74, 6) is 0.953. The summed E-state index contributed by atoms with van der Waals surface area (Å²) in [6.07, 6.45) is 0. The van der Waals surface area contributed by atoms with Crippen LogP contribution in [0.15, 0.2) is 18.2 Å². The molecular weight excluding hydrogens is 354 g/mol. The Balaban J connectivity index is 2.46. The summed E-state index contributed by atoms with van der Waals surface area (Å²) in [7, 11) is 4.30. The normalized spacial score (nSPS) is 10.7. The van der Waals surface area contributed by atoms with Crippen LogP contribution < -0.4 is 14.8 Å². The summed E-state index contributed by atoms with van der Waals surface area (Å²) in [5.41, 5.74) is 1.58. The average Bonchev–Trinajstić information content (AvgIpc) is 3.12. The topological polar surface area (TPSA) is 104 Å². The van der Waals surface area contributed by atoms with Gasteiger partial charge in [0.1, 0.15) is 17.1 Å². The van der Waals surface area contributed by atoms with Gasteiger partial charge in [-0.15, -0.1) is 0 Å². The van der Waals surface area contributed by atoms with Crippen LogP contribution in [-0.2, 0) is 14.2 Å². The first kappa shape index (κ1) is 20.5. The molecule has 0 aliphatic rings. The second-order valence-electron chi connectivity index (χ2n) is 5.93. The zero-order valence-corrected chi connectivity index (χ0v) is 16.1. The lowest BCUT2D eigenvalue weighted by molar-refractivity contribution is 0.0436. The van der Waals surface area contributed by atoms with Crippen molar-refractivity contribution in [3.05, 3.63) is 29.5 Å². The van der Waals surface area contributed by atoms with Crippen molar-refractivity contribution in [1.82, 2.24) is 10.2 Å². The summed E-state index contributed by atoms with van der Waals surface area (Å²) in [6.45, 7) is 4.10. The third-order valence-electron chi connectivity index (χ3n) is 3.62. The molecule has 0 bridgehead atoms. The number of rotatable bonds is 10. The number of carbonyl (C=O) groups is 1. The minimum atomic E-state index is -0.568. The first-order chi connectivity index (χ1) is 13.0. The maximum atomic E-state index is 12.4. The zero-order valence-electron chi connectivity index (χ0n) is 16.1. The second-order valence-corrected chi connectivity index (χ2v) is 5.93. The fourth-order valence-electron chi connectivity index (χ4n) is 2.28. The summed E-state index contributed by atoms with van der Waals surface area (Å²) >= 11 is 0. The van der Waals surface area contributed by atoms with Crippen LogP contribution in [0.5, 0.6) is 11.5 Å². The number of methoxy groups -OCH3 is 3. The molecule has 0 saturated heterocycles. The molecule has 27 heavy (non-hydrogen) atoms. The van der Waals surface area contributed by atoms with Gasteiger partial charge in [-0.25, -0.2) is 4.79 Å². The molecule has 9 heteroatoms. The molecule has 0 aliphatic carbocycles. The van der Waals surface area contributed by atoms with Crippen molar-refractivity contribution in [3.63, 3.8) is 0 Å². The number of nitrogens with one attached hydrogen (secondary N) is 2. The van der Waals surface area contributed by atoms with Gasteiger partial charge in [0.2, 0.25) is 0 Å². The van der Waals surface area contributed by atoms with E-state index in [1.165, 1.54) is 21.3 Å². The largest absolute Gasteiger partial charge is 0.467 e. The first-order valence-corrected chi connectivity index (χ1v) is 8.32. The van der Waals surface area contributed by atoms with Crippen LogP contribution >= 0.6 is 0 Å². The maximum Gasteiger partial charge on any atom is 0.343 e. The molecule has 1 heterocycles. The summed E-state index contributed by atoms with van der Waals surface area (Å²) < 4.78 is 25.8. The number of esters is 1. The highest BCUT2D eigenvalue weighted by Gasteiger charge is 2.22. The van der Waals surface area contributed by atoms with Crippen LogP contribution in [0.1, 0.15) is 35.8 Å². The Kier molecular flexibility index (Phi) is 7.44. The molecular formula is C18H25N3O6. The lowest BCUT2D eigenvalue weighted by Gasteiger charge is -2.16. The lowest BCUT2D eigenvalue weighted by atomic mass is 10.1. The Morgan fingerprint density at radius 2 is 1.81 bits per heavy atom. The highest BCUT2D eigenvalue weighted by atomic mass is 16.7. The van der Waals surface area contributed by atoms with Crippen molar-refractivity contribution in [2.24, 2.45) is 0 Å². The molecule has 0 unspecified atom stereocenters. The van der Waals surface area contributed by atoms with E-state index in [9.17, 15) is 4.79 Å². The van der Waals surface area contributed by atoms with E-state index < -0.39 is 5.97 Å². The van der Waals surface area contributed by atoms with E-state index >= 15 is 0 Å². The molecule has 0 saturated carbocycles. The quantitative estimate of drug-likeness (QED) is 0.479. The van der Waals surface area contributed by atoms with E-state index in [-0.39, 0.29) is 30.8 Å². The van der Waals surface area contributed by atoms with Crippen LogP contribution in [0, 0.1) is 0 Å². The maximum absolute atomic E-state index is 12.4. The highest BCUT2D eigenvalue weighted by Crippen LogP contribution is 2.35. The van der Waals surface area contributed by atoms with Crippen LogP contribution in [0.3, 0.4) is 0 Å². The van der Waals surface area contributed by atoms with E-state index in [1.807, 2.05) is 19.9 Å². The number of hydrogen-bond donors (Lipinski definition) is 2. The van der Waals surface area contributed by atoms with Gasteiger partial charge < -0.3 is 29.0 Å². The van der Waals surface area contributed by atoms with Gasteiger partial charge in [-0.2, -0.15) is 5.10 Å². The molecule has 1 aromatic carbocycles. The Bertz CT molecular complexity index is 760. The number of ether oxygens (including phenoxy) is 5. The number of H-pyrrole nitrogens is 1. The first-order valence-electron chi connectivity index (χ1n) is 8.32. The minimum Gasteiger partial charge on any atom is -0.467 e. The average molecular weight is 379 g/mol. The molecule has 0 radical (unpaired) electrons. The van der Waals surface area contributed by atoms with E-state index in [1.54, 1.807) is 12.1 Å². The predicted molar refractivity (Wildman–Crippen MR) is 98.7 cm³/mol. The fourth-order valence-corrected chi connectivity index (χ4v) is 2.28. The molecule has 0 amide bonds. The highest BCUT2D eigenvalue weighted by molar-refractivity contribution is 5.99. The van der Waals surface area contributed by atoms with Crippen molar-refractivity contribution in [2.75, 3.05) is 40.2 Å². The molecule has 2 aromatic rings. The minimum absolute atomic E-state index is 0.0423. The van der Waals surface area contributed by atoms with Gasteiger partial charge in [0.05, 0.1) is 12.8 Å². The van der Waals surface area contributed by atoms with Crippen molar-refractivity contribution in [2.45, 2.75) is 19.8 Å². The zero-order chi connectivity index (χ0) is 19.8. The molecule has 2 N–H and O–H groups in total. The standard InChI is InChI=1S/C18H25N3O6/c1-11(2)13-8-16(21-20-13)19-14-6-12(26-9-23-3)7-15(27-10-24-4)17(14)18(22)25-5/h6-8,11H,9-10H2,1-5H3,(H2,19,20,21). The number of carbonyl (C=O) groups excluding carboxylic acids is 1. The molecule has 148 valence electrons. The van der Waals surface area contributed by atoms with Gasteiger partial charge in [0.25, 0.3) is 0 Å². The van der Waals surface area contributed by atoms with Crippen LogP contribution in [0.25, 0.3) is 0 Å². The molecule has 1 aromatic heterocycles. The lowest BCUT2D eigenvalue weighted by Crippen LogP contribution is -2.11. The Morgan fingerprint density at radius 1 is 1.11 bits per heavy atom. The molecule has 9 nitrogen and oxygen atoms in total. The number of benzene rings is 1. The fraction of sp³-hybridized carbons (Fsp3) is 0.444. The molecule has 0 aliphatic heterocycles. The van der Waals surface area contributed by atoms with Crippen molar-refractivity contribution < 1.29 is 28.5 Å². The van der Waals surface area contributed by atoms with Crippen LogP contribution in [0.4, 0.5) is 11.5 Å². The molecule has 2 rings (SSSR count). The van der Waals surface area contributed by atoms with E-state index in [0.29, 0.717) is 17.3 Å². The van der Waals surface area contributed by atoms with E-state index in [4.69, 9.17) is 23.7 Å². The van der Waals surface area contributed by atoms with Gasteiger partial charge in [-0.05, 0) is 5.92 Å². The Hall–Kier alpha value is -2.78. The van der Waals surface area contributed by atoms with E-state index in [0.717, 1.165) is 5.69 Å². The smallest absolute Gasteiger partial charge is 0.343 e. The van der Waals surface area contributed by atoms with Crippen molar-refractivity contribution >= 4 is 17.5 Å². The Morgan fingerprint density at radius 3 is 2.41 bits per heavy atom. The van der Waals surface area contributed by atoms with Crippen molar-refractivity contribution in [3.8, 4) is 11.5 Å². The number of nitrogens with zero attached hydrogens (tertiary/aromatic N) is 1. The monoisotopic (exact) mass is 379 g/mol. The van der Waals surface area contributed by atoms with Gasteiger partial charge in [0, 0.05) is 38.1 Å².